The zero-order valence-corrected chi connectivity index (χ0v) is 13.8. The van der Waals surface area contributed by atoms with Gasteiger partial charge in [0.05, 0.1) is 12.8 Å². The maximum Gasteiger partial charge on any atom is 0.313 e. The van der Waals surface area contributed by atoms with Gasteiger partial charge in [-0.15, -0.1) is 0 Å². The van der Waals surface area contributed by atoms with Crippen molar-refractivity contribution < 1.29 is 14.3 Å². The number of carbonyl (C=O) groups is 2. The second-order valence-corrected chi connectivity index (χ2v) is 5.58. The predicted octanol–water partition coefficient (Wildman–Crippen LogP) is 0.309. The molecule has 1 fully saturated rings. The van der Waals surface area contributed by atoms with E-state index in [2.05, 4.69) is 20.9 Å². The molecule has 1 aliphatic rings. The number of hydrogen-bond donors (Lipinski definition) is 3. The van der Waals surface area contributed by atoms with Gasteiger partial charge in [0.25, 0.3) is 0 Å². The van der Waals surface area contributed by atoms with Gasteiger partial charge in [-0.1, -0.05) is 11.6 Å². The van der Waals surface area contributed by atoms with Crippen LogP contribution in [0.2, 0.25) is 5.02 Å². The molecule has 0 atom stereocenters. The molecule has 23 heavy (non-hydrogen) atoms. The third-order valence-electron chi connectivity index (χ3n) is 3.54. The molecule has 0 radical (unpaired) electrons. The molecule has 0 saturated carbocycles. The van der Waals surface area contributed by atoms with Crippen LogP contribution in [0.4, 0.5) is 5.69 Å². The van der Waals surface area contributed by atoms with E-state index in [-0.39, 0.29) is 0 Å². The van der Waals surface area contributed by atoms with Crippen molar-refractivity contribution in [2.24, 2.45) is 0 Å². The molecule has 126 valence electrons. The minimum atomic E-state index is -0.745. The fourth-order valence-electron chi connectivity index (χ4n) is 2.30. The number of halogens is 1. The smallest absolute Gasteiger partial charge is 0.313 e. The van der Waals surface area contributed by atoms with Gasteiger partial charge in [0.1, 0.15) is 5.75 Å². The Morgan fingerprint density at radius 3 is 2.74 bits per heavy atom. The highest BCUT2D eigenvalue weighted by atomic mass is 35.5. The first-order chi connectivity index (χ1) is 11.1. The average Bonchev–Trinajstić information content (AvgIpc) is 2.56. The van der Waals surface area contributed by atoms with E-state index in [1.807, 2.05) is 0 Å². The van der Waals surface area contributed by atoms with Crippen molar-refractivity contribution in [3.8, 4) is 5.75 Å². The Morgan fingerprint density at radius 2 is 2.04 bits per heavy atom. The molecular weight excluding hydrogens is 320 g/mol. The second-order valence-electron chi connectivity index (χ2n) is 5.15. The quantitative estimate of drug-likeness (QED) is 0.672. The predicted molar refractivity (Wildman–Crippen MR) is 89.0 cm³/mol. The van der Waals surface area contributed by atoms with Gasteiger partial charge >= 0.3 is 11.8 Å². The second kappa shape index (κ2) is 8.71. The minimum Gasteiger partial charge on any atom is -0.495 e. The molecule has 1 aromatic rings. The van der Waals surface area contributed by atoms with Crippen LogP contribution in [0.1, 0.15) is 0 Å². The molecule has 1 saturated heterocycles. The highest BCUT2D eigenvalue weighted by Gasteiger charge is 2.16. The van der Waals surface area contributed by atoms with Gasteiger partial charge in [0.2, 0.25) is 0 Å². The number of methoxy groups -OCH3 is 1. The summed E-state index contributed by atoms with van der Waals surface area (Å²) in [6.07, 6.45) is 0. The van der Waals surface area contributed by atoms with Crippen molar-refractivity contribution in [2.75, 3.05) is 51.7 Å². The van der Waals surface area contributed by atoms with Crippen LogP contribution in [0.5, 0.6) is 5.75 Å². The lowest BCUT2D eigenvalue weighted by Crippen LogP contribution is -2.47. The Hall–Kier alpha value is -1.83. The van der Waals surface area contributed by atoms with Crippen molar-refractivity contribution in [1.82, 2.24) is 15.5 Å². The summed E-state index contributed by atoms with van der Waals surface area (Å²) in [5, 5.41) is 8.83. The molecule has 7 nitrogen and oxygen atoms in total. The fourth-order valence-corrected chi connectivity index (χ4v) is 2.47. The molecule has 1 heterocycles. The van der Waals surface area contributed by atoms with E-state index in [4.69, 9.17) is 16.3 Å². The summed E-state index contributed by atoms with van der Waals surface area (Å²) in [6.45, 7) is 4.94. The Morgan fingerprint density at radius 1 is 1.30 bits per heavy atom. The van der Waals surface area contributed by atoms with Crippen LogP contribution < -0.4 is 20.7 Å². The highest BCUT2D eigenvalue weighted by molar-refractivity contribution is 6.40. The maximum absolute atomic E-state index is 11.9. The van der Waals surface area contributed by atoms with E-state index < -0.39 is 11.8 Å². The first kappa shape index (κ1) is 17.5. The topological polar surface area (TPSA) is 82.7 Å². The molecule has 1 aliphatic heterocycles. The maximum atomic E-state index is 11.9. The van der Waals surface area contributed by atoms with Crippen molar-refractivity contribution in [1.29, 1.82) is 0 Å². The Bertz CT molecular complexity index is 562. The fraction of sp³-hybridized carbons (Fsp3) is 0.467. The van der Waals surface area contributed by atoms with Gasteiger partial charge < -0.3 is 20.7 Å². The van der Waals surface area contributed by atoms with Crippen molar-refractivity contribution in [3.63, 3.8) is 0 Å². The van der Waals surface area contributed by atoms with E-state index in [0.717, 1.165) is 32.7 Å². The molecule has 0 spiro atoms. The van der Waals surface area contributed by atoms with Crippen LogP contribution in [0, 0.1) is 0 Å². The third-order valence-corrected chi connectivity index (χ3v) is 3.77. The van der Waals surface area contributed by atoms with Crippen LogP contribution >= 0.6 is 11.6 Å². The summed E-state index contributed by atoms with van der Waals surface area (Å²) in [5.41, 5.74) is 0.363. The molecule has 0 unspecified atom stereocenters. The Kier molecular flexibility index (Phi) is 6.64. The minimum absolute atomic E-state index is 0.363. The SMILES string of the molecule is COc1ccc(Cl)cc1NC(=O)C(=O)NCCN1CCNCC1. The van der Waals surface area contributed by atoms with E-state index in [0.29, 0.717) is 23.0 Å². The summed E-state index contributed by atoms with van der Waals surface area (Å²) in [5.74, 6) is -0.982. The number of piperazine rings is 1. The van der Waals surface area contributed by atoms with Crippen molar-refractivity contribution >= 4 is 29.1 Å². The van der Waals surface area contributed by atoms with Crippen LogP contribution in [0.15, 0.2) is 18.2 Å². The van der Waals surface area contributed by atoms with E-state index in [9.17, 15) is 9.59 Å². The molecule has 1 aromatic carbocycles. The number of nitrogens with zero attached hydrogens (tertiary/aromatic N) is 1. The van der Waals surface area contributed by atoms with E-state index in [1.54, 1.807) is 12.1 Å². The van der Waals surface area contributed by atoms with Crippen LogP contribution in [0.3, 0.4) is 0 Å². The Labute approximate surface area is 140 Å². The highest BCUT2D eigenvalue weighted by Crippen LogP contribution is 2.27. The van der Waals surface area contributed by atoms with Crippen LogP contribution in [-0.4, -0.2) is 63.1 Å². The third kappa shape index (κ3) is 5.38. The van der Waals surface area contributed by atoms with Crippen LogP contribution in [-0.2, 0) is 9.59 Å². The normalized spacial score (nSPS) is 15.0. The first-order valence-corrected chi connectivity index (χ1v) is 7.83. The lowest BCUT2D eigenvalue weighted by molar-refractivity contribution is -0.136. The Balaban J connectivity index is 1.80. The molecule has 0 aromatic heterocycles. The van der Waals surface area contributed by atoms with E-state index in [1.165, 1.54) is 13.2 Å². The molecule has 0 aliphatic carbocycles. The number of hydrogen-bond acceptors (Lipinski definition) is 5. The van der Waals surface area contributed by atoms with Crippen LogP contribution in [0.25, 0.3) is 0 Å². The standard InChI is InChI=1S/C15H21ClN4O3/c1-23-13-3-2-11(16)10-12(13)19-15(22)14(21)18-6-9-20-7-4-17-5-8-20/h2-3,10,17H,4-9H2,1H3,(H,18,21)(H,19,22). The van der Waals surface area contributed by atoms with Crippen molar-refractivity contribution in [3.05, 3.63) is 23.2 Å². The number of ether oxygens (including phenoxy) is 1. The first-order valence-electron chi connectivity index (χ1n) is 7.46. The molecule has 8 heteroatoms. The zero-order chi connectivity index (χ0) is 16.7. The summed E-state index contributed by atoms with van der Waals surface area (Å²) < 4.78 is 5.12. The number of nitrogens with one attached hydrogen (secondary N) is 3. The van der Waals surface area contributed by atoms with Crippen molar-refractivity contribution in [2.45, 2.75) is 0 Å². The average molecular weight is 341 g/mol. The summed E-state index contributed by atoms with van der Waals surface area (Å²) in [7, 11) is 1.48. The number of benzene rings is 1. The molecule has 2 rings (SSSR count). The summed E-state index contributed by atoms with van der Waals surface area (Å²) in [4.78, 5) is 26.0. The van der Waals surface area contributed by atoms with Gasteiger partial charge in [0, 0.05) is 44.3 Å². The molecular formula is C15H21ClN4O3. The molecule has 0 bridgehead atoms. The van der Waals surface area contributed by atoms with Gasteiger partial charge in [-0.3, -0.25) is 14.5 Å². The van der Waals surface area contributed by atoms with Gasteiger partial charge in [0.15, 0.2) is 0 Å². The van der Waals surface area contributed by atoms with Gasteiger partial charge in [-0.25, -0.2) is 0 Å². The summed E-state index contributed by atoms with van der Waals surface area (Å²) in [6, 6.07) is 4.80. The lowest BCUT2D eigenvalue weighted by Gasteiger charge is -2.26. The van der Waals surface area contributed by atoms with E-state index >= 15 is 0 Å². The number of carbonyl (C=O) groups excluding carboxylic acids is 2. The largest absolute Gasteiger partial charge is 0.495 e. The van der Waals surface area contributed by atoms with Gasteiger partial charge in [-0.2, -0.15) is 0 Å². The number of anilines is 1. The summed E-state index contributed by atoms with van der Waals surface area (Å²) >= 11 is 5.89. The number of rotatable bonds is 5. The van der Waals surface area contributed by atoms with Gasteiger partial charge in [-0.05, 0) is 18.2 Å². The lowest BCUT2D eigenvalue weighted by atomic mass is 10.3. The monoisotopic (exact) mass is 340 g/mol. The zero-order valence-electron chi connectivity index (χ0n) is 13.0. The number of amides is 2. The molecule has 3 N–H and O–H groups in total. The molecule has 2 amide bonds.